The van der Waals surface area contributed by atoms with Gasteiger partial charge in [-0.05, 0) is 69.4 Å². The molecule has 0 fully saturated rings. The second-order valence-electron chi connectivity index (χ2n) is 6.73. The molecule has 27 heavy (non-hydrogen) atoms. The number of carbonyl (C=O) groups is 2. The lowest BCUT2D eigenvalue weighted by Gasteiger charge is -2.08. The van der Waals surface area contributed by atoms with E-state index in [4.69, 9.17) is 0 Å². The van der Waals surface area contributed by atoms with Crippen LogP contribution in [0, 0.1) is 5.82 Å². The molecule has 0 saturated heterocycles. The lowest BCUT2D eigenvalue weighted by Crippen LogP contribution is -2.22. The van der Waals surface area contributed by atoms with Gasteiger partial charge in [-0.1, -0.05) is 6.42 Å². The SMILES string of the molecule is CC(C)=NNC(=O)c1c(NC(=O)c2ccc(F)cc2)sc2c1CCCCC2. The number of thiophene rings is 1. The van der Waals surface area contributed by atoms with E-state index in [1.54, 1.807) is 13.8 Å². The Bertz CT molecular complexity index is 883. The van der Waals surface area contributed by atoms with Gasteiger partial charge in [0.2, 0.25) is 0 Å². The lowest BCUT2D eigenvalue weighted by atomic mass is 10.0. The number of hydrogen-bond donors (Lipinski definition) is 2. The van der Waals surface area contributed by atoms with Crippen LogP contribution < -0.4 is 10.7 Å². The number of nitrogens with zero attached hydrogens (tertiary/aromatic N) is 1. The van der Waals surface area contributed by atoms with Crippen LogP contribution >= 0.6 is 11.3 Å². The van der Waals surface area contributed by atoms with Crippen molar-refractivity contribution in [2.75, 3.05) is 5.32 Å². The number of rotatable bonds is 4. The highest BCUT2D eigenvalue weighted by molar-refractivity contribution is 7.17. The van der Waals surface area contributed by atoms with Crippen molar-refractivity contribution in [3.8, 4) is 0 Å². The number of halogens is 1. The number of amides is 2. The van der Waals surface area contributed by atoms with E-state index in [9.17, 15) is 14.0 Å². The van der Waals surface area contributed by atoms with Crippen LogP contribution in [0.1, 0.15) is 64.3 Å². The molecule has 1 aliphatic rings. The van der Waals surface area contributed by atoms with Crippen molar-refractivity contribution in [1.29, 1.82) is 0 Å². The van der Waals surface area contributed by atoms with Crippen LogP contribution in [0.15, 0.2) is 29.4 Å². The van der Waals surface area contributed by atoms with Crippen molar-refractivity contribution >= 4 is 33.9 Å². The molecular weight excluding hydrogens is 365 g/mol. The molecule has 0 saturated carbocycles. The van der Waals surface area contributed by atoms with Crippen LogP contribution in [-0.2, 0) is 12.8 Å². The quantitative estimate of drug-likeness (QED) is 0.459. The Morgan fingerprint density at radius 3 is 2.44 bits per heavy atom. The molecule has 5 nitrogen and oxygen atoms in total. The Kier molecular flexibility index (Phi) is 6.01. The predicted molar refractivity (Wildman–Crippen MR) is 106 cm³/mol. The molecule has 3 rings (SSSR count). The van der Waals surface area contributed by atoms with E-state index in [2.05, 4.69) is 15.8 Å². The van der Waals surface area contributed by atoms with Crippen molar-refractivity contribution in [2.24, 2.45) is 5.10 Å². The average Bonchev–Trinajstić information content (AvgIpc) is 2.81. The smallest absolute Gasteiger partial charge is 0.274 e. The summed E-state index contributed by atoms with van der Waals surface area (Å²) in [6.07, 6.45) is 4.95. The summed E-state index contributed by atoms with van der Waals surface area (Å²) >= 11 is 1.45. The number of fused-ring (bicyclic) bond motifs is 1. The zero-order valence-corrected chi connectivity index (χ0v) is 16.2. The summed E-state index contributed by atoms with van der Waals surface area (Å²) in [5.41, 5.74) is 5.16. The first-order chi connectivity index (χ1) is 13.0. The fourth-order valence-corrected chi connectivity index (χ4v) is 4.35. The maximum absolute atomic E-state index is 13.1. The van der Waals surface area contributed by atoms with Gasteiger partial charge in [-0.3, -0.25) is 9.59 Å². The molecule has 0 atom stereocenters. The third kappa shape index (κ3) is 4.60. The Balaban J connectivity index is 1.93. The molecule has 0 radical (unpaired) electrons. The van der Waals surface area contributed by atoms with Gasteiger partial charge >= 0.3 is 0 Å². The number of aryl methyl sites for hydroxylation is 1. The molecular formula is C20H22FN3O2S. The normalized spacial score (nSPS) is 13.3. The Hall–Kier alpha value is -2.54. The third-order valence-electron chi connectivity index (χ3n) is 4.36. The molecule has 0 unspecified atom stereocenters. The number of hydrazone groups is 1. The number of hydrogen-bond acceptors (Lipinski definition) is 4. The van der Waals surface area contributed by atoms with Gasteiger partial charge in [0.05, 0.1) is 5.56 Å². The van der Waals surface area contributed by atoms with Gasteiger partial charge in [0, 0.05) is 16.2 Å². The van der Waals surface area contributed by atoms with Crippen LogP contribution in [0.3, 0.4) is 0 Å². The zero-order valence-electron chi connectivity index (χ0n) is 15.4. The van der Waals surface area contributed by atoms with Crippen LogP contribution in [0.25, 0.3) is 0 Å². The van der Waals surface area contributed by atoms with E-state index in [0.717, 1.165) is 48.3 Å². The second kappa shape index (κ2) is 8.43. The molecule has 1 aliphatic carbocycles. The summed E-state index contributed by atoms with van der Waals surface area (Å²) < 4.78 is 13.1. The van der Waals surface area contributed by atoms with E-state index in [-0.39, 0.29) is 11.8 Å². The summed E-state index contributed by atoms with van der Waals surface area (Å²) in [6.45, 7) is 3.59. The zero-order chi connectivity index (χ0) is 19.4. The van der Waals surface area contributed by atoms with Gasteiger partial charge in [-0.25, -0.2) is 9.82 Å². The average molecular weight is 387 g/mol. The largest absolute Gasteiger partial charge is 0.313 e. The first kappa shape index (κ1) is 19.2. The summed E-state index contributed by atoms with van der Waals surface area (Å²) in [5.74, 6) is -1.08. The molecule has 0 aliphatic heterocycles. The highest BCUT2D eigenvalue weighted by atomic mass is 32.1. The summed E-state index contributed by atoms with van der Waals surface area (Å²) in [6, 6.07) is 5.33. The molecule has 7 heteroatoms. The van der Waals surface area contributed by atoms with Gasteiger partial charge in [-0.2, -0.15) is 5.10 Å². The van der Waals surface area contributed by atoms with Crippen molar-refractivity contribution in [2.45, 2.75) is 46.0 Å². The van der Waals surface area contributed by atoms with Crippen molar-refractivity contribution < 1.29 is 14.0 Å². The Morgan fingerprint density at radius 1 is 1.04 bits per heavy atom. The highest BCUT2D eigenvalue weighted by Gasteiger charge is 2.26. The molecule has 2 aromatic rings. The fraction of sp³-hybridized carbons (Fsp3) is 0.350. The van der Waals surface area contributed by atoms with Gasteiger partial charge in [0.15, 0.2) is 0 Å². The van der Waals surface area contributed by atoms with Crippen molar-refractivity contribution in [1.82, 2.24) is 5.43 Å². The molecule has 2 amide bonds. The highest BCUT2D eigenvalue weighted by Crippen LogP contribution is 2.37. The van der Waals surface area contributed by atoms with E-state index in [1.165, 1.54) is 35.6 Å². The topological polar surface area (TPSA) is 70.6 Å². The van der Waals surface area contributed by atoms with Crippen LogP contribution in [-0.4, -0.2) is 17.5 Å². The fourth-order valence-electron chi connectivity index (χ4n) is 3.07. The lowest BCUT2D eigenvalue weighted by molar-refractivity contribution is 0.0955. The Morgan fingerprint density at radius 2 is 1.74 bits per heavy atom. The van der Waals surface area contributed by atoms with Gasteiger partial charge < -0.3 is 5.32 Å². The minimum absolute atomic E-state index is 0.315. The molecule has 0 bridgehead atoms. The summed E-state index contributed by atoms with van der Waals surface area (Å²) in [7, 11) is 0. The second-order valence-corrected chi connectivity index (χ2v) is 7.83. The first-order valence-corrected chi connectivity index (χ1v) is 9.80. The van der Waals surface area contributed by atoms with E-state index >= 15 is 0 Å². The molecule has 1 heterocycles. The van der Waals surface area contributed by atoms with Crippen LogP contribution in [0.5, 0.6) is 0 Å². The summed E-state index contributed by atoms with van der Waals surface area (Å²) in [4.78, 5) is 26.5. The van der Waals surface area contributed by atoms with Gasteiger partial charge in [0.1, 0.15) is 10.8 Å². The maximum atomic E-state index is 13.1. The minimum atomic E-state index is -0.401. The standard InChI is InChI=1S/C20H22FN3O2S/c1-12(2)23-24-19(26)17-15-6-4-3-5-7-16(15)27-20(17)22-18(25)13-8-10-14(21)11-9-13/h8-11H,3-7H2,1-2H3,(H,22,25)(H,24,26). The van der Waals surface area contributed by atoms with E-state index in [0.29, 0.717) is 16.1 Å². The van der Waals surface area contributed by atoms with Crippen LogP contribution in [0.2, 0.25) is 0 Å². The van der Waals surface area contributed by atoms with Gasteiger partial charge in [0.25, 0.3) is 11.8 Å². The number of benzene rings is 1. The van der Waals surface area contributed by atoms with E-state index in [1.807, 2.05) is 0 Å². The molecule has 0 spiro atoms. The molecule has 1 aromatic carbocycles. The monoisotopic (exact) mass is 387 g/mol. The molecule has 142 valence electrons. The molecule has 1 aromatic heterocycles. The predicted octanol–water partition coefficient (Wildman–Crippen LogP) is 4.53. The first-order valence-electron chi connectivity index (χ1n) is 8.98. The van der Waals surface area contributed by atoms with Crippen molar-refractivity contribution in [3.05, 3.63) is 51.7 Å². The van der Waals surface area contributed by atoms with E-state index < -0.39 is 5.82 Å². The maximum Gasteiger partial charge on any atom is 0.274 e. The number of nitrogens with one attached hydrogen (secondary N) is 2. The summed E-state index contributed by atoms with van der Waals surface area (Å²) in [5, 5.41) is 7.37. The number of carbonyl (C=O) groups excluding carboxylic acids is 2. The molecule has 2 N–H and O–H groups in total. The third-order valence-corrected chi connectivity index (χ3v) is 5.57. The van der Waals surface area contributed by atoms with Gasteiger partial charge in [-0.15, -0.1) is 11.3 Å². The Labute approximate surface area is 161 Å². The minimum Gasteiger partial charge on any atom is -0.313 e. The van der Waals surface area contributed by atoms with Crippen LogP contribution in [0.4, 0.5) is 9.39 Å². The van der Waals surface area contributed by atoms with Crippen molar-refractivity contribution in [3.63, 3.8) is 0 Å². The number of anilines is 1.